The SMILES string of the molecule is O=S(=O)(NCC1(O)CNCCOC1c1ccc(Cl)c(Cl)c1)C(F)F. The van der Waals surface area contributed by atoms with Crippen LogP contribution < -0.4 is 10.0 Å². The molecule has 136 valence electrons. The number of halogens is 4. The largest absolute Gasteiger partial charge is 0.384 e. The normalized spacial score (nSPS) is 25.7. The Labute approximate surface area is 148 Å². The van der Waals surface area contributed by atoms with Crippen LogP contribution in [0.1, 0.15) is 11.7 Å². The topological polar surface area (TPSA) is 87.7 Å². The molecule has 24 heavy (non-hydrogen) atoms. The number of rotatable bonds is 5. The van der Waals surface area contributed by atoms with Crippen molar-refractivity contribution in [3.63, 3.8) is 0 Å². The third-order valence-corrected chi connectivity index (χ3v) is 5.30. The standard InChI is InChI=1S/C13H16Cl2F2N2O4S/c14-9-2-1-8(5-10(9)15)11-13(20,6-18-3-4-23-11)7-19-24(21,22)12(16)17/h1-2,5,11-12,18-20H,3-4,6-7H2. The average Bonchev–Trinajstić information content (AvgIpc) is 2.70. The van der Waals surface area contributed by atoms with Crippen molar-refractivity contribution in [3.8, 4) is 0 Å². The molecule has 0 bridgehead atoms. The van der Waals surface area contributed by atoms with Crippen LogP contribution in [-0.4, -0.2) is 51.1 Å². The smallest absolute Gasteiger partial charge is 0.350 e. The lowest BCUT2D eigenvalue weighted by atomic mass is 9.91. The lowest BCUT2D eigenvalue weighted by Crippen LogP contribution is -2.53. The van der Waals surface area contributed by atoms with E-state index >= 15 is 0 Å². The highest BCUT2D eigenvalue weighted by Gasteiger charge is 2.42. The van der Waals surface area contributed by atoms with E-state index in [1.165, 1.54) is 12.1 Å². The molecule has 0 spiro atoms. The minimum atomic E-state index is -4.84. The summed E-state index contributed by atoms with van der Waals surface area (Å²) >= 11 is 11.8. The van der Waals surface area contributed by atoms with E-state index in [4.69, 9.17) is 27.9 Å². The molecular weight excluding hydrogens is 389 g/mol. The van der Waals surface area contributed by atoms with Gasteiger partial charge in [-0.25, -0.2) is 13.1 Å². The van der Waals surface area contributed by atoms with Crippen molar-refractivity contribution in [2.75, 3.05) is 26.2 Å². The molecule has 0 aliphatic carbocycles. The second-order valence-corrected chi connectivity index (χ2v) is 7.88. The van der Waals surface area contributed by atoms with Crippen LogP contribution in [0.3, 0.4) is 0 Å². The Hall–Kier alpha value is -0.550. The predicted molar refractivity (Wildman–Crippen MR) is 85.9 cm³/mol. The lowest BCUT2D eigenvalue weighted by molar-refractivity contribution is -0.0909. The van der Waals surface area contributed by atoms with Crippen molar-refractivity contribution in [2.45, 2.75) is 17.5 Å². The van der Waals surface area contributed by atoms with E-state index in [9.17, 15) is 22.3 Å². The third kappa shape index (κ3) is 4.54. The summed E-state index contributed by atoms with van der Waals surface area (Å²) in [5.74, 6) is -3.59. The molecule has 0 radical (unpaired) electrons. The average molecular weight is 405 g/mol. The van der Waals surface area contributed by atoms with Crippen molar-refractivity contribution >= 4 is 33.2 Å². The Morgan fingerprint density at radius 2 is 2.12 bits per heavy atom. The number of aliphatic hydroxyl groups is 1. The number of ether oxygens (including phenoxy) is 1. The molecule has 0 amide bonds. The van der Waals surface area contributed by atoms with E-state index in [1.807, 2.05) is 0 Å². The molecule has 1 aromatic carbocycles. The van der Waals surface area contributed by atoms with E-state index in [0.29, 0.717) is 17.1 Å². The van der Waals surface area contributed by atoms with E-state index in [1.54, 1.807) is 10.8 Å². The molecule has 1 saturated heterocycles. The van der Waals surface area contributed by atoms with Gasteiger partial charge in [0, 0.05) is 19.6 Å². The van der Waals surface area contributed by atoms with Crippen molar-refractivity contribution in [3.05, 3.63) is 33.8 Å². The van der Waals surface area contributed by atoms with Gasteiger partial charge in [-0.1, -0.05) is 29.3 Å². The highest BCUT2D eigenvalue weighted by atomic mass is 35.5. The predicted octanol–water partition coefficient (Wildman–Crippen LogP) is 1.53. The molecule has 6 nitrogen and oxygen atoms in total. The summed E-state index contributed by atoms with van der Waals surface area (Å²) in [5, 5.41) is 14.2. The summed E-state index contributed by atoms with van der Waals surface area (Å²) in [4.78, 5) is 0. The first kappa shape index (κ1) is 19.8. The van der Waals surface area contributed by atoms with Gasteiger partial charge in [0.2, 0.25) is 0 Å². The molecule has 2 rings (SSSR count). The van der Waals surface area contributed by atoms with Gasteiger partial charge in [-0.05, 0) is 17.7 Å². The minimum Gasteiger partial charge on any atom is -0.384 e. The van der Waals surface area contributed by atoms with E-state index in [0.717, 1.165) is 0 Å². The second kappa shape index (κ2) is 7.77. The molecule has 1 fully saturated rings. The van der Waals surface area contributed by atoms with Gasteiger partial charge >= 0.3 is 5.76 Å². The summed E-state index contributed by atoms with van der Waals surface area (Å²) in [6.07, 6.45) is -0.984. The van der Waals surface area contributed by atoms with Crippen LogP contribution in [0.15, 0.2) is 18.2 Å². The van der Waals surface area contributed by atoms with Crippen molar-refractivity contribution in [2.24, 2.45) is 0 Å². The first-order chi connectivity index (χ1) is 11.2. The second-order valence-electron chi connectivity index (χ2n) is 5.33. The van der Waals surface area contributed by atoms with Crippen LogP contribution in [-0.2, 0) is 14.8 Å². The summed E-state index contributed by atoms with van der Waals surface area (Å²) in [6, 6.07) is 4.55. The summed E-state index contributed by atoms with van der Waals surface area (Å²) in [6.45, 7) is -0.0855. The molecule has 2 atom stereocenters. The van der Waals surface area contributed by atoms with Crippen LogP contribution in [0.25, 0.3) is 0 Å². The molecule has 1 aromatic rings. The Balaban J connectivity index is 2.29. The number of benzene rings is 1. The molecule has 11 heteroatoms. The van der Waals surface area contributed by atoms with Crippen LogP contribution in [0, 0.1) is 0 Å². The number of nitrogens with one attached hydrogen (secondary N) is 2. The zero-order valence-electron chi connectivity index (χ0n) is 12.3. The molecule has 1 heterocycles. The van der Waals surface area contributed by atoms with Gasteiger partial charge in [-0.3, -0.25) is 0 Å². The van der Waals surface area contributed by atoms with Crippen molar-refractivity contribution in [1.82, 2.24) is 10.0 Å². The van der Waals surface area contributed by atoms with E-state index in [2.05, 4.69) is 5.32 Å². The molecule has 0 aromatic heterocycles. The van der Waals surface area contributed by atoms with Gasteiger partial charge < -0.3 is 15.2 Å². The highest BCUT2D eigenvalue weighted by Crippen LogP contribution is 2.34. The number of sulfonamides is 1. The Bertz CT molecular complexity index is 693. The van der Waals surface area contributed by atoms with Gasteiger partial charge in [0.05, 0.1) is 16.7 Å². The van der Waals surface area contributed by atoms with Crippen LogP contribution in [0.2, 0.25) is 10.0 Å². The minimum absolute atomic E-state index is 0.0658. The quantitative estimate of drug-likeness (QED) is 0.692. The van der Waals surface area contributed by atoms with E-state index < -0.39 is 34.0 Å². The van der Waals surface area contributed by atoms with E-state index in [-0.39, 0.29) is 18.2 Å². The van der Waals surface area contributed by atoms with Gasteiger partial charge in [0.1, 0.15) is 11.7 Å². The molecule has 1 aliphatic heterocycles. The highest BCUT2D eigenvalue weighted by molar-refractivity contribution is 7.89. The molecule has 3 N–H and O–H groups in total. The summed E-state index contributed by atoms with van der Waals surface area (Å²) in [7, 11) is -4.84. The zero-order valence-corrected chi connectivity index (χ0v) is 14.6. The van der Waals surface area contributed by atoms with Gasteiger partial charge in [-0.15, -0.1) is 0 Å². The number of hydrogen-bond donors (Lipinski definition) is 3. The van der Waals surface area contributed by atoms with Crippen LogP contribution in [0.5, 0.6) is 0 Å². The number of β-amino-alcohol motifs (C(OH)–C–C–N with tert-alkyl or cyclic N) is 1. The maximum Gasteiger partial charge on any atom is 0.350 e. The van der Waals surface area contributed by atoms with Gasteiger partial charge in [0.15, 0.2) is 0 Å². The number of hydrogen-bond acceptors (Lipinski definition) is 5. The Morgan fingerprint density at radius 3 is 2.75 bits per heavy atom. The first-order valence-corrected chi connectivity index (χ1v) is 9.22. The lowest BCUT2D eigenvalue weighted by Gasteiger charge is -2.34. The maximum absolute atomic E-state index is 12.5. The zero-order chi connectivity index (χ0) is 18.0. The van der Waals surface area contributed by atoms with Crippen LogP contribution >= 0.6 is 23.2 Å². The summed E-state index contributed by atoms with van der Waals surface area (Å²) in [5.41, 5.74) is -1.35. The van der Waals surface area contributed by atoms with Crippen molar-refractivity contribution < 1.29 is 27.0 Å². The van der Waals surface area contributed by atoms with Gasteiger partial charge in [-0.2, -0.15) is 8.78 Å². The number of alkyl halides is 2. The Kier molecular flexibility index (Phi) is 6.40. The maximum atomic E-state index is 12.5. The summed E-state index contributed by atoms with van der Waals surface area (Å²) < 4.78 is 54.8. The monoisotopic (exact) mass is 404 g/mol. The Morgan fingerprint density at radius 1 is 1.42 bits per heavy atom. The fraction of sp³-hybridized carbons (Fsp3) is 0.538. The first-order valence-electron chi connectivity index (χ1n) is 6.92. The van der Waals surface area contributed by atoms with Crippen molar-refractivity contribution in [1.29, 1.82) is 0 Å². The molecule has 1 aliphatic rings. The fourth-order valence-electron chi connectivity index (χ4n) is 2.33. The van der Waals surface area contributed by atoms with Crippen LogP contribution in [0.4, 0.5) is 8.78 Å². The fourth-order valence-corrected chi connectivity index (χ4v) is 3.21. The third-order valence-electron chi connectivity index (χ3n) is 3.54. The molecule has 0 saturated carbocycles. The van der Waals surface area contributed by atoms with Gasteiger partial charge in [0.25, 0.3) is 10.0 Å². The molecule has 2 unspecified atom stereocenters. The molecular formula is C13H16Cl2F2N2O4S.